The summed E-state index contributed by atoms with van der Waals surface area (Å²) in [4.78, 5) is 30.6. The molecule has 1 aliphatic heterocycles. The van der Waals surface area contributed by atoms with Crippen molar-refractivity contribution >= 4 is 17.8 Å². The number of nitrogens with zero attached hydrogens (tertiary/aromatic N) is 2. The summed E-state index contributed by atoms with van der Waals surface area (Å²) in [6.45, 7) is 0.942. The molecule has 3 heterocycles. The monoisotopic (exact) mass is 397 g/mol. The van der Waals surface area contributed by atoms with E-state index in [4.69, 9.17) is 18.3 Å². The van der Waals surface area contributed by atoms with E-state index in [0.29, 0.717) is 31.0 Å². The summed E-state index contributed by atoms with van der Waals surface area (Å²) in [5.41, 5.74) is 2.21. The minimum atomic E-state index is -0.510. The Kier molecular flexibility index (Phi) is 4.94. The number of carbonyl (C=O) groups excluding carboxylic acids is 2. The molecule has 0 aliphatic carbocycles. The maximum absolute atomic E-state index is 12.8. The topological polar surface area (TPSA) is 107 Å². The summed E-state index contributed by atoms with van der Waals surface area (Å²) in [6, 6.07) is 6.86. The molecule has 0 bridgehead atoms. The Hall–Kier alpha value is -3.75. The first-order valence-corrected chi connectivity index (χ1v) is 8.92. The van der Waals surface area contributed by atoms with Crippen molar-refractivity contribution in [2.75, 3.05) is 26.1 Å². The molecule has 9 heteroatoms. The van der Waals surface area contributed by atoms with Crippen LogP contribution in [0.25, 0.3) is 0 Å². The molecule has 0 unspecified atom stereocenters. The smallest absolute Gasteiger partial charge is 0.302 e. The van der Waals surface area contributed by atoms with Gasteiger partial charge in [-0.3, -0.25) is 14.9 Å². The maximum atomic E-state index is 12.8. The Balaban J connectivity index is 1.47. The number of methoxy groups -OCH3 is 2. The highest BCUT2D eigenvalue weighted by atomic mass is 16.5. The second-order valence-electron chi connectivity index (χ2n) is 6.42. The number of carbonyl (C=O) groups is 2. The predicted molar refractivity (Wildman–Crippen MR) is 101 cm³/mol. The lowest BCUT2D eigenvalue weighted by atomic mass is 9.98. The molecule has 0 saturated carbocycles. The van der Waals surface area contributed by atoms with Gasteiger partial charge in [0.2, 0.25) is 0 Å². The number of rotatable bonds is 5. The van der Waals surface area contributed by atoms with Crippen LogP contribution in [0.15, 0.2) is 45.6 Å². The molecular weight excluding hydrogens is 378 g/mol. The Morgan fingerprint density at radius 3 is 2.59 bits per heavy atom. The van der Waals surface area contributed by atoms with E-state index in [1.165, 1.54) is 18.6 Å². The fourth-order valence-electron chi connectivity index (χ4n) is 3.21. The van der Waals surface area contributed by atoms with Gasteiger partial charge in [0.15, 0.2) is 23.0 Å². The van der Waals surface area contributed by atoms with Gasteiger partial charge in [0, 0.05) is 13.1 Å². The van der Waals surface area contributed by atoms with Gasteiger partial charge in [0.1, 0.15) is 6.26 Å². The van der Waals surface area contributed by atoms with Gasteiger partial charge in [-0.1, -0.05) is 0 Å². The Morgan fingerprint density at radius 1 is 1.14 bits per heavy atom. The number of benzene rings is 1. The fraction of sp³-hybridized carbons (Fsp3) is 0.250. The lowest BCUT2D eigenvalue weighted by Gasteiger charge is -2.29. The SMILES string of the molecule is COc1cc2c(cc1OC)CN(C(=O)c1coc(NC(=O)c3ccco3)n1)CC2. The predicted octanol–water partition coefficient (Wildman–Crippen LogP) is 2.74. The van der Waals surface area contributed by atoms with Gasteiger partial charge in [-0.2, -0.15) is 4.98 Å². The molecule has 0 fully saturated rings. The van der Waals surface area contributed by atoms with Crippen molar-refractivity contribution in [3.8, 4) is 11.5 Å². The number of furan rings is 1. The van der Waals surface area contributed by atoms with E-state index in [2.05, 4.69) is 10.3 Å². The van der Waals surface area contributed by atoms with Gasteiger partial charge in [-0.15, -0.1) is 0 Å². The Morgan fingerprint density at radius 2 is 1.90 bits per heavy atom. The van der Waals surface area contributed by atoms with Gasteiger partial charge in [-0.05, 0) is 41.8 Å². The Labute approximate surface area is 166 Å². The van der Waals surface area contributed by atoms with Crippen LogP contribution in [0.5, 0.6) is 11.5 Å². The largest absolute Gasteiger partial charge is 0.493 e. The second kappa shape index (κ2) is 7.70. The Bertz CT molecular complexity index is 1040. The van der Waals surface area contributed by atoms with Crippen molar-refractivity contribution in [2.45, 2.75) is 13.0 Å². The van der Waals surface area contributed by atoms with E-state index < -0.39 is 5.91 Å². The fourth-order valence-corrected chi connectivity index (χ4v) is 3.21. The first kappa shape index (κ1) is 18.6. The zero-order chi connectivity index (χ0) is 20.4. The van der Waals surface area contributed by atoms with E-state index in [0.717, 1.165) is 11.1 Å². The van der Waals surface area contributed by atoms with Crippen molar-refractivity contribution in [1.29, 1.82) is 0 Å². The second-order valence-corrected chi connectivity index (χ2v) is 6.42. The van der Waals surface area contributed by atoms with E-state index in [1.807, 2.05) is 12.1 Å². The molecule has 2 amide bonds. The van der Waals surface area contributed by atoms with Crippen LogP contribution in [0.1, 0.15) is 32.2 Å². The minimum Gasteiger partial charge on any atom is -0.493 e. The molecule has 2 aromatic heterocycles. The summed E-state index contributed by atoms with van der Waals surface area (Å²) < 4.78 is 20.9. The summed E-state index contributed by atoms with van der Waals surface area (Å²) in [7, 11) is 3.17. The average molecular weight is 397 g/mol. The van der Waals surface area contributed by atoms with Crippen molar-refractivity contribution < 1.29 is 27.9 Å². The number of ether oxygens (including phenoxy) is 2. The highest BCUT2D eigenvalue weighted by Crippen LogP contribution is 2.33. The van der Waals surface area contributed by atoms with Gasteiger partial charge < -0.3 is 23.2 Å². The molecule has 0 spiro atoms. The molecular formula is C20H19N3O6. The van der Waals surface area contributed by atoms with Gasteiger partial charge >= 0.3 is 6.01 Å². The standard InChI is InChI=1S/C20H19N3O6/c1-26-16-8-12-5-6-23(10-13(12)9-17(16)27-2)19(25)14-11-29-20(21-14)22-18(24)15-4-3-7-28-15/h3-4,7-9,11H,5-6,10H2,1-2H3,(H,21,22,24). The van der Waals surface area contributed by atoms with Crippen LogP contribution in [-0.4, -0.2) is 42.5 Å². The lowest BCUT2D eigenvalue weighted by Crippen LogP contribution is -2.36. The zero-order valence-corrected chi connectivity index (χ0v) is 15.9. The minimum absolute atomic E-state index is 0.0708. The van der Waals surface area contributed by atoms with Crippen LogP contribution < -0.4 is 14.8 Å². The number of fused-ring (bicyclic) bond motifs is 1. The van der Waals surface area contributed by atoms with Gasteiger partial charge in [0.05, 0.1) is 20.5 Å². The molecule has 29 heavy (non-hydrogen) atoms. The van der Waals surface area contributed by atoms with Crippen molar-refractivity contribution in [3.63, 3.8) is 0 Å². The molecule has 150 valence electrons. The quantitative estimate of drug-likeness (QED) is 0.705. The molecule has 1 aliphatic rings. The highest BCUT2D eigenvalue weighted by molar-refractivity contribution is 6.01. The number of oxazole rings is 1. The average Bonchev–Trinajstić information content (AvgIpc) is 3.44. The summed E-state index contributed by atoms with van der Waals surface area (Å²) >= 11 is 0. The van der Waals surface area contributed by atoms with Gasteiger partial charge in [0.25, 0.3) is 11.8 Å². The van der Waals surface area contributed by atoms with Crippen LogP contribution in [-0.2, 0) is 13.0 Å². The molecule has 1 N–H and O–H groups in total. The third-order valence-electron chi connectivity index (χ3n) is 4.69. The number of aromatic nitrogens is 1. The molecule has 0 radical (unpaired) electrons. The number of anilines is 1. The van der Waals surface area contributed by atoms with E-state index in [1.54, 1.807) is 25.2 Å². The molecule has 0 atom stereocenters. The summed E-state index contributed by atoms with van der Waals surface area (Å²) in [5.74, 6) is 0.606. The van der Waals surface area contributed by atoms with Crippen LogP contribution >= 0.6 is 0 Å². The molecule has 0 saturated heterocycles. The summed E-state index contributed by atoms with van der Waals surface area (Å²) in [6.07, 6.45) is 3.30. The number of nitrogens with one attached hydrogen (secondary N) is 1. The third-order valence-corrected chi connectivity index (χ3v) is 4.69. The lowest BCUT2D eigenvalue weighted by molar-refractivity contribution is 0.0728. The number of hydrogen-bond acceptors (Lipinski definition) is 7. The number of amides is 2. The van der Waals surface area contributed by atoms with Crippen molar-refractivity contribution in [3.05, 3.63) is 59.4 Å². The maximum Gasteiger partial charge on any atom is 0.302 e. The van der Waals surface area contributed by atoms with Crippen molar-refractivity contribution in [2.24, 2.45) is 0 Å². The van der Waals surface area contributed by atoms with Crippen LogP contribution in [0, 0.1) is 0 Å². The molecule has 1 aromatic carbocycles. The highest BCUT2D eigenvalue weighted by Gasteiger charge is 2.26. The van der Waals surface area contributed by atoms with E-state index in [9.17, 15) is 9.59 Å². The van der Waals surface area contributed by atoms with E-state index in [-0.39, 0.29) is 23.4 Å². The third kappa shape index (κ3) is 3.66. The molecule has 4 rings (SSSR count). The molecule has 3 aromatic rings. The number of hydrogen-bond donors (Lipinski definition) is 1. The van der Waals surface area contributed by atoms with Crippen molar-refractivity contribution in [1.82, 2.24) is 9.88 Å². The molecule has 9 nitrogen and oxygen atoms in total. The van der Waals surface area contributed by atoms with E-state index >= 15 is 0 Å². The first-order valence-electron chi connectivity index (χ1n) is 8.92. The first-order chi connectivity index (χ1) is 14.1. The van der Waals surface area contributed by atoms with Crippen LogP contribution in [0.2, 0.25) is 0 Å². The summed E-state index contributed by atoms with van der Waals surface area (Å²) in [5, 5.41) is 2.45. The van der Waals surface area contributed by atoms with Crippen LogP contribution in [0.4, 0.5) is 6.01 Å². The van der Waals surface area contributed by atoms with Crippen LogP contribution in [0.3, 0.4) is 0 Å². The van der Waals surface area contributed by atoms with Gasteiger partial charge in [-0.25, -0.2) is 0 Å². The zero-order valence-electron chi connectivity index (χ0n) is 15.9. The normalized spacial score (nSPS) is 13.0.